The number of hydrogen-bond donors (Lipinski definition) is 1. The third kappa shape index (κ3) is 3.71. The summed E-state index contributed by atoms with van der Waals surface area (Å²) < 4.78 is 0. The highest BCUT2D eigenvalue weighted by atomic mass is 16.4. The molecule has 1 aliphatic rings. The molecule has 0 aromatic carbocycles. The summed E-state index contributed by atoms with van der Waals surface area (Å²) in [6, 6.07) is 0.709. The van der Waals surface area contributed by atoms with E-state index in [-0.39, 0.29) is 12.0 Å². The van der Waals surface area contributed by atoms with Gasteiger partial charge in [-0.3, -0.25) is 9.69 Å². The molecule has 3 nitrogen and oxygen atoms in total. The Kier molecular flexibility index (Phi) is 6.13. The van der Waals surface area contributed by atoms with Crippen molar-refractivity contribution in [2.75, 3.05) is 7.05 Å². The van der Waals surface area contributed by atoms with Gasteiger partial charge in [-0.05, 0) is 45.6 Å². The minimum atomic E-state index is -0.606. The lowest BCUT2D eigenvalue weighted by Gasteiger charge is -2.42. The van der Waals surface area contributed by atoms with Crippen molar-refractivity contribution < 1.29 is 9.90 Å². The Morgan fingerprint density at radius 2 is 2.06 bits per heavy atom. The van der Waals surface area contributed by atoms with Gasteiger partial charge in [-0.1, -0.05) is 26.7 Å². The lowest BCUT2D eigenvalue weighted by atomic mass is 9.76. The van der Waals surface area contributed by atoms with Gasteiger partial charge in [0.2, 0.25) is 0 Å². The van der Waals surface area contributed by atoms with Gasteiger partial charge in [-0.15, -0.1) is 0 Å². The average molecular weight is 255 g/mol. The Hall–Kier alpha value is -0.570. The topological polar surface area (TPSA) is 40.5 Å². The van der Waals surface area contributed by atoms with Crippen molar-refractivity contribution in [1.82, 2.24) is 4.90 Å². The van der Waals surface area contributed by atoms with E-state index < -0.39 is 5.97 Å². The Morgan fingerprint density at radius 1 is 1.39 bits per heavy atom. The summed E-state index contributed by atoms with van der Waals surface area (Å²) >= 11 is 0. The molecule has 1 rings (SSSR count). The molecule has 4 unspecified atom stereocenters. The second-order valence-corrected chi connectivity index (χ2v) is 5.90. The van der Waals surface area contributed by atoms with E-state index in [1.165, 1.54) is 6.42 Å². The molecule has 0 heterocycles. The van der Waals surface area contributed by atoms with Crippen LogP contribution in [0.2, 0.25) is 0 Å². The summed E-state index contributed by atoms with van der Waals surface area (Å²) in [6.07, 6.45) is 6.47. The largest absolute Gasteiger partial charge is 0.481 e. The molecule has 1 saturated carbocycles. The first-order chi connectivity index (χ1) is 8.51. The second-order valence-electron chi connectivity index (χ2n) is 5.90. The van der Waals surface area contributed by atoms with E-state index in [0.717, 1.165) is 32.1 Å². The fraction of sp³-hybridized carbons (Fsp3) is 0.933. The molecule has 1 aliphatic carbocycles. The number of nitrogens with zero attached hydrogens (tertiary/aromatic N) is 1. The summed E-state index contributed by atoms with van der Waals surface area (Å²) in [5.74, 6) is -0.0657. The Balaban J connectivity index is 2.73. The maximum atomic E-state index is 11.4. The molecule has 106 valence electrons. The smallest absolute Gasteiger partial charge is 0.308 e. The maximum Gasteiger partial charge on any atom is 0.308 e. The summed E-state index contributed by atoms with van der Waals surface area (Å²) in [5.41, 5.74) is 0. The fourth-order valence-electron chi connectivity index (χ4n) is 3.29. The van der Waals surface area contributed by atoms with Crippen LogP contribution in [-0.4, -0.2) is 35.1 Å². The van der Waals surface area contributed by atoms with Gasteiger partial charge in [0.1, 0.15) is 0 Å². The van der Waals surface area contributed by atoms with Crippen LogP contribution in [0.4, 0.5) is 0 Å². The molecule has 0 radical (unpaired) electrons. The minimum Gasteiger partial charge on any atom is -0.481 e. The van der Waals surface area contributed by atoms with Gasteiger partial charge < -0.3 is 5.11 Å². The van der Waals surface area contributed by atoms with Crippen molar-refractivity contribution in [3.05, 3.63) is 0 Å². The molecule has 0 spiro atoms. The standard InChI is InChI=1S/C15H29NO2/c1-5-7-11(3)16(4)14-10-12(6-2)8-9-13(14)15(17)18/h11-14H,5-10H2,1-4H3,(H,17,18). The van der Waals surface area contributed by atoms with E-state index >= 15 is 0 Å². The number of rotatable bonds is 6. The van der Waals surface area contributed by atoms with Gasteiger partial charge in [-0.25, -0.2) is 0 Å². The van der Waals surface area contributed by atoms with E-state index in [4.69, 9.17) is 0 Å². The zero-order chi connectivity index (χ0) is 13.7. The lowest BCUT2D eigenvalue weighted by Crippen LogP contribution is -2.48. The second kappa shape index (κ2) is 7.13. The summed E-state index contributed by atoms with van der Waals surface area (Å²) in [4.78, 5) is 13.7. The van der Waals surface area contributed by atoms with Crippen LogP contribution in [-0.2, 0) is 4.79 Å². The monoisotopic (exact) mass is 255 g/mol. The first-order valence-electron chi connectivity index (χ1n) is 7.45. The van der Waals surface area contributed by atoms with Gasteiger partial charge >= 0.3 is 5.97 Å². The zero-order valence-corrected chi connectivity index (χ0v) is 12.4. The van der Waals surface area contributed by atoms with Crippen molar-refractivity contribution in [2.24, 2.45) is 11.8 Å². The van der Waals surface area contributed by atoms with Crippen molar-refractivity contribution in [3.63, 3.8) is 0 Å². The predicted molar refractivity (Wildman–Crippen MR) is 74.7 cm³/mol. The zero-order valence-electron chi connectivity index (χ0n) is 12.4. The van der Waals surface area contributed by atoms with Crippen molar-refractivity contribution in [2.45, 2.75) is 71.4 Å². The molecule has 0 aromatic rings. The van der Waals surface area contributed by atoms with Crippen LogP contribution in [0.25, 0.3) is 0 Å². The van der Waals surface area contributed by atoms with E-state index in [2.05, 4.69) is 32.7 Å². The Morgan fingerprint density at radius 3 is 2.56 bits per heavy atom. The molecule has 0 aromatic heterocycles. The van der Waals surface area contributed by atoms with Gasteiger partial charge in [0.25, 0.3) is 0 Å². The fourth-order valence-corrected chi connectivity index (χ4v) is 3.29. The maximum absolute atomic E-state index is 11.4. The minimum absolute atomic E-state index is 0.169. The first kappa shape index (κ1) is 15.5. The molecule has 1 N–H and O–H groups in total. The first-order valence-corrected chi connectivity index (χ1v) is 7.45. The molecular formula is C15H29NO2. The SMILES string of the molecule is CCCC(C)N(C)C1CC(CC)CCC1C(=O)O. The average Bonchev–Trinajstić information content (AvgIpc) is 2.37. The van der Waals surface area contributed by atoms with Crippen LogP contribution in [0.1, 0.15) is 59.3 Å². The summed E-state index contributed by atoms with van der Waals surface area (Å²) in [5, 5.41) is 9.40. The highest BCUT2D eigenvalue weighted by Gasteiger charge is 2.37. The quantitative estimate of drug-likeness (QED) is 0.791. The van der Waals surface area contributed by atoms with E-state index in [1.807, 2.05) is 0 Å². The highest BCUT2D eigenvalue weighted by molar-refractivity contribution is 5.71. The lowest BCUT2D eigenvalue weighted by molar-refractivity contribution is -0.146. The van der Waals surface area contributed by atoms with E-state index in [0.29, 0.717) is 12.0 Å². The van der Waals surface area contributed by atoms with Crippen molar-refractivity contribution in [3.8, 4) is 0 Å². The van der Waals surface area contributed by atoms with E-state index in [1.54, 1.807) is 0 Å². The van der Waals surface area contributed by atoms with E-state index in [9.17, 15) is 9.90 Å². The molecular weight excluding hydrogens is 226 g/mol. The number of carboxylic acid groups (broad SMARTS) is 1. The summed E-state index contributed by atoms with van der Waals surface area (Å²) in [7, 11) is 2.11. The van der Waals surface area contributed by atoms with Crippen LogP contribution in [0.3, 0.4) is 0 Å². The van der Waals surface area contributed by atoms with Gasteiger partial charge in [0, 0.05) is 12.1 Å². The summed E-state index contributed by atoms with van der Waals surface area (Å²) in [6.45, 7) is 6.63. The number of carbonyl (C=O) groups is 1. The molecule has 0 bridgehead atoms. The number of aliphatic carboxylic acids is 1. The Bertz CT molecular complexity index is 267. The van der Waals surface area contributed by atoms with Crippen LogP contribution in [0.5, 0.6) is 0 Å². The van der Waals surface area contributed by atoms with Crippen LogP contribution < -0.4 is 0 Å². The molecule has 18 heavy (non-hydrogen) atoms. The normalized spacial score (nSPS) is 30.4. The molecule has 0 amide bonds. The third-order valence-electron chi connectivity index (χ3n) is 4.74. The van der Waals surface area contributed by atoms with Gasteiger partial charge in [0.05, 0.1) is 5.92 Å². The predicted octanol–water partition coefficient (Wildman–Crippen LogP) is 3.39. The van der Waals surface area contributed by atoms with Gasteiger partial charge in [0.15, 0.2) is 0 Å². The number of carboxylic acids is 1. The van der Waals surface area contributed by atoms with Gasteiger partial charge in [-0.2, -0.15) is 0 Å². The molecule has 1 fully saturated rings. The van der Waals surface area contributed by atoms with Crippen LogP contribution in [0, 0.1) is 11.8 Å². The van der Waals surface area contributed by atoms with Crippen molar-refractivity contribution >= 4 is 5.97 Å². The van der Waals surface area contributed by atoms with Crippen molar-refractivity contribution in [1.29, 1.82) is 0 Å². The third-order valence-corrected chi connectivity index (χ3v) is 4.74. The molecule has 0 aliphatic heterocycles. The Labute approximate surface area is 112 Å². The highest BCUT2D eigenvalue weighted by Crippen LogP contribution is 2.34. The number of hydrogen-bond acceptors (Lipinski definition) is 2. The molecule has 0 saturated heterocycles. The molecule has 4 atom stereocenters. The van der Waals surface area contributed by atoms with Crippen LogP contribution >= 0.6 is 0 Å². The molecule has 3 heteroatoms. The van der Waals surface area contributed by atoms with Crippen LogP contribution in [0.15, 0.2) is 0 Å².